The van der Waals surface area contributed by atoms with Crippen LogP contribution in [0.1, 0.15) is 5.69 Å². The number of nitrogens with zero attached hydrogens (tertiary/aromatic N) is 1. The lowest BCUT2D eigenvalue weighted by Gasteiger charge is -1.99. The summed E-state index contributed by atoms with van der Waals surface area (Å²) in [4.78, 5) is 26.2. The first kappa shape index (κ1) is 10.0. The van der Waals surface area contributed by atoms with Crippen LogP contribution in [0.5, 0.6) is 0 Å². The Bertz CT molecular complexity index is 451. The number of hydrogen-bond donors (Lipinski definition) is 1. The van der Waals surface area contributed by atoms with Crippen LogP contribution in [0, 0.1) is 0 Å². The SMILES string of the molecule is O=C1C=C(Cc2ccc(Br)cn2)C(=O)N1. The molecule has 0 unspecified atom stereocenters. The summed E-state index contributed by atoms with van der Waals surface area (Å²) in [5, 5.41) is 2.19. The number of carbonyl (C=O) groups is 2. The number of imide groups is 1. The van der Waals surface area contributed by atoms with Crippen molar-refractivity contribution in [1.82, 2.24) is 10.3 Å². The number of pyridine rings is 1. The highest BCUT2D eigenvalue weighted by Gasteiger charge is 2.20. The zero-order valence-electron chi connectivity index (χ0n) is 7.66. The van der Waals surface area contributed by atoms with E-state index in [4.69, 9.17) is 0 Å². The zero-order chi connectivity index (χ0) is 10.8. The predicted octanol–water partition coefficient (Wildman–Crippen LogP) is 0.969. The lowest BCUT2D eigenvalue weighted by Crippen LogP contribution is -2.22. The second kappa shape index (κ2) is 3.94. The number of amides is 2. The van der Waals surface area contributed by atoms with E-state index in [1.807, 2.05) is 6.07 Å². The molecule has 0 atom stereocenters. The molecule has 76 valence electrons. The van der Waals surface area contributed by atoms with Gasteiger partial charge in [-0.3, -0.25) is 19.9 Å². The topological polar surface area (TPSA) is 59.1 Å². The number of aromatic nitrogens is 1. The van der Waals surface area contributed by atoms with Crippen molar-refractivity contribution in [3.05, 3.63) is 40.1 Å². The van der Waals surface area contributed by atoms with Gasteiger partial charge in [-0.15, -0.1) is 0 Å². The molecule has 1 aromatic heterocycles. The molecule has 1 aliphatic rings. The molecular weight excluding hydrogens is 260 g/mol. The van der Waals surface area contributed by atoms with Gasteiger partial charge < -0.3 is 0 Å². The molecule has 0 saturated carbocycles. The van der Waals surface area contributed by atoms with Crippen LogP contribution in [0.3, 0.4) is 0 Å². The van der Waals surface area contributed by atoms with Crippen molar-refractivity contribution in [2.45, 2.75) is 6.42 Å². The number of carbonyl (C=O) groups excluding carboxylic acids is 2. The van der Waals surface area contributed by atoms with Crippen molar-refractivity contribution in [3.63, 3.8) is 0 Å². The Morgan fingerprint density at radius 2 is 2.13 bits per heavy atom. The highest BCUT2D eigenvalue weighted by molar-refractivity contribution is 9.10. The summed E-state index contributed by atoms with van der Waals surface area (Å²) >= 11 is 3.27. The molecule has 1 aliphatic heterocycles. The van der Waals surface area contributed by atoms with E-state index in [9.17, 15) is 9.59 Å². The van der Waals surface area contributed by atoms with E-state index in [-0.39, 0.29) is 11.8 Å². The largest absolute Gasteiger partial charge is 0.289 e. The van der Waals surface area contributed by atoms with Gasteiger partial charge in [-0.05, 0) is 28.1 Å². The van der Waals surface area contributed by atoms with Crippen molar-refractivity contribution in [2.24, 2.45) is 0 Å². The zero-order valence-corrected chi connectivity index (χ0v) is 9.24. The smallest absolute Gasteiger partial charge is 0.254 e. The van der Waals surface area contributed by atoms with Gasteiger partial charge in [-0.25, -0.2) is 0 Å². The summed E-state index contributed by atoms with van der Waals surface area (Å²) in [6.45, 7) is 0. The fourth-order valence-electron chi connectivity index (χ4n) is 1.29. The summed E-state index contributed by atoms with van der Waals surface area (Å²) in [5.41, 5.74) is 1.21. The van der Waals surface area contributed by atoms with Crippen LogP contribution in [0.25, 0.3) is 0 Å². The minimum atomic E-state index is -0.355. The van der Waals surface area contributed by atoms with Crippen molar-refractivity contribution < 1.29 is 9.59 Å². The van der Waals surface area contributed by atoms with Gasteiger partial charge >= 0.3 is 0 Å². The van der Waals surface area contributed by atoms with Crippen LogP contribution in [0.4, 0.5) is 0 Å². The van der Waals surface area contributed by atoms with Gasteiger partial charge in [0.15, 0.2) is 0 Å². The third kappa shape index (κ3) is 2.30. The Morgan fingerprint density at radius 3 is 2.67 bits per heavy atom. The number of nitrogens with one attached hydrogen (secondary N) is 1. The van der Waals surface area contributed by atoms with Crippen LogP contribution >= 0.6 is 15.9 Å². The molecule has 0 aromatic carbocycles. The third-order valence-corrected chi connectivity index (χ3v) is 2.46. The van der Waals surface area contributed by atoms with E-state index in [2.05, 4.69) is 26.2 Å². The van der Waals surface area contributed by atoms with E-state index in [0.717, 1.165) is 10.2 Å². The van der Waals surface area contributed by atoms with Gasteiger partial charge in [0.1, 0.15) is 0 Å². The van der Waals surface area contributed by atoms with Crippen LogP contribution in [-0.2, 0) is 16.0 Å². The Morgan fingerprint density at radius 1 is 1.33 bits per heavy atom. The second-order valence-corrected chi connectivity index (χ2v) is 4.05. The molecule has 2 rings (SSSR count). The molecule has 1 aromatic rings. The average Bonchev–Trinajstić information content (AvgIpc) is 2.49. The van der Waals surface area contributed by atoms with Crippen LogP contribution < -0.4 is 5.32 Å². The van der Waals surface area contributed by atoms with E-state index in [1.54, 1.807) is 12.3 Å². The minimum absolute atomic E-state index is 0.329. The van der Waals surface area contributed by atoms with Crippen LogP contribution in [-0.4, -0.2) is 16.8 Å². The molecule has 1 N–H and O–H groups in total. The van der Waals surface area contributed by atoms with Crippen LogP contribution in [0.2, 0.25) is 0 Å². The first-order valence-corrected chi connectivity index (χ1v) is 5.11. The highest BCUT2D eigenvalue weighted by Crippen LogP contribution is 2.12. The maximum atomic E-state index is 11.2. The van der Waals surface area contributed by atoms with Gasteiger partial charge in [0.25, 0.3) is 11.8 Å². The predicted molar refractivity (Wildman–Crippen MR) is 56.9 cm³/mol. The van der Waals surface area contributed by atoms with E-state index in [0.29, 0.717) is 12.0 Å². The first-order valence-electron chi connectivity index (χ1n) is 4.31. The molecule has 0 aliphatic carbocycles. The van der Waals surface area contributed by atoms with Crippen molar-refractivity contribution >= 4 is 27.7 Å². The Balaban J connectivity index is 2.16. The molecule has 5 heteroatoms. The minimum Gasteiger partial charge on any atom is -0.289 e. The fourth-order valence-corrected chi connectivity index (χ4v) is 1.52. The summed E-state index contributed by atoms with van der Waals surface area (Å²) in [7, 11) is 0. The lowest BCUT2D eigenvalue weighted by atomic mass is 10.1. The van der Waals surface area contributed by atoms with E-state index in [1.165, 1.54) is 6.08 Å². The van der Waals surface area contributed by atoms with Crippen molar-refractivity contribution in [3.8, 4) is 0 Å². The molecule has 0 saturated heterocycles. The van der Waals surface area contributed by atoms with Gasteiger partial charge in [-0.2, -0.15) is 0 Å². The van der Waals surface area contributed by atoms with E-state index >= 15 is 0 Å². The molecule has 0 radical (unpaired) electrons. The quantitative estimate of drug-likeness (QED) is 0.812. The normalized spacial score (nSPS) is 15.1. The highest BCUT2D eigenvalue weighted by atomic mass is 79.9. The Labute approximate surface area is 94.5 Å². The van der Waals surface area contributed by atoms with E-state index < -0.39 is 0 Å². The lowest BCUT2D eigenvalue weighted by molar-refractivity contribution is -0.123. The van der Waals surface area contributed by atoms with Crippen molar-refractivity contribution in [1.29, 1.82) is 0 Å². The summed E-state index contributed by atoms with van der Waals surface area (Å²) < 4.78 is 0.882. The summed E-state index contributed by atoms with van der Waals surface area (Å²) in [5.74, 6) is -0.683. The molecule has 0 fully saturated rings. The van der Waals surface area contributed by atoms with Crippen LogP contribution in [0.15, 0.2) is 34.5 Å². The van der Waals surface area contributed by atoms with Gasteiger partial charge in [-0.1, -0.05) is 0 Å². The summed E-state index contributed by atoms with van der Waals surface area (Å²) in [6.07, 6.45) is 3.35. The molecular formula is C10H7BrN2O2. The summed E-state index contributed by atoms with van der Waals surface area (Å²) in [6, 6.07) is 3.65. The first-order chi connectivity index (χ1) is 7.15. The fraction of sp³-hybridized carbons (Fsp3) is 0.100. The maximum absolute atomic E-state index is 11.2. The molecule has 0 bridgehead atoms. The standard InChI is InChI=1S/C10H7BrN2O2/c11-7-1-2-8(12-5-7)3-6-4-9(14)13-10(6)15/h1-2,4-5H,3H2,(H,13,14,15). The number of halogens is 1. The molecule has 0 spiro atoms. The molecule has 2 amide bonds. The monoisotopic (exact) mass is 266 g/mol. The Hall–Kier alpha value is -1.49. The molecule has 15 heavy (non-hydrogen) atoms. The van der Waals surface area contributed by atoms with Gasteiger partial charge in [0.05, 0.1) is 0 Å². The Kier molecular flexibility index (Phi) is 2.64. The number of rotatable bonds is 2. The van der Waals surface area contributed by atoms with Gasteiger partial charge in [0.2, 0.25) is 0 Å². The second-order valence-electron chi connectivity index (χ2n) is 3.13. The van der Waals surface area contributed by atoms with Crippen molar-refractivity contribution in [2.75, 3.05) is 0 Å². The third-order valence-electron chi connectivity index (χ3n) is 1.99. The number of hydrogen-bond acceptors (Lipinski definition) is 3. The van der Waals surface area contributed by atoms with Gasteiger partial charge in [0, 0.05) is 34.4 Å². The molecule has 4 nitrogen and oxygen atoms in total. The molecule has 2 heterocycles. The maximum Gasteiger partial charge on any atom is 0.254 e. The average molecular weight is 267 g/mol.